The maximum atomic E-state index is 12.0. The molecule has 1 N–H and O–H groups in total. The molecule has 2 aromatic carbocycles. The number of non-ortho nitro benzene ring substituents is 1. The van der Waals surface area contributed by atoms with E-state index in [4.69, 9.17) is 27.9 Å². The third-order valence-electron chi connectivity index (χ3n) is 4.12. The monoisotopic (exact) mass is 466 g/mol. The minimum absolute atomic E-state index is 0.00965. The van der Waals surface area contributed by atoms with E-state index in [2.05, 4.69) is 10.3 Å². The fraction of sp³-hybridized carbons (Fsp3) is 0.158. The van der Waals surface area contributed by atoms with E-state index < -0.39 is 11.0 Å². The molecular formula is C19H16Cl2N4O4S. The fourth-order valence-corrected chi connectivity index (χ4v) is 4.17. The van der Waals surface area contributed by atoms with Gasteiger partial charge in [0.1, 0.15) is 6.61 Å². The maximum absolute atomic E-state index is 12.0. The number of carbonyl (C=O) groups excluding carboxylic acids is 1. The molecule has 1 amide bonds. The number of carbonyl (C=O) groups is 1. The first-order valence-corrected chi connectivity index (χ1v) is 10.3. The summed E-state index contributed by atoms with van der Waals surface area (Å²) < 4.78 is 7.02. The van der Waals surface area contributed by atoms with Gasteiger partial charge >= 0.3 is 6.09 Å². The Kier molecular flexibility index (Phi) is 7.20. The molecular weight excluding hydrogens is 451 g/mol. The van der Waals surface area contributed by atoms with Gasteiger partial charge in [-0.3, -0.25) is 15.4 Å². The Bertz CT molecular complexity index is 1050. The van der Waals surface area contributed by atoms with Crippen LogP contribution in [0, 0.1) is 10.1 Å². The van der Waals surface area contributed by atoms with Gasteiger partial charge in [0.15, 0.2) is 5.16 Å². The Labute approximate surface area is 186 Å². The summed E-state index contributed by atoms with van der Waals surface area (Å²) in [6.07, 6.45) is 0.942. The van der Waals surface area contributed by atoms with E-state index in [1.54, 1.807) is 24.4 Å². The van der Waals surface area contributed by atoms with Crippen molar-refractivity contribution in [3.05, 3.63) is 80.1 Å². The van der Waals surface area contributed by atoms with Gasteiger partial charge in [-0.05, 0) is 29.8 Å². The highest BCUT2D eigenvalue weighted by atomic mass is 35.5. The first-order valence-electron chi connectivity index (χ1n) is 8.59. The summed E-state index contributed by atoms with van der Waals surface area (Å²) in [5.74, 6) is 0.546. The molecule has 0 bridgehead atoms. The maximum Gasteiger partial charge on any atom is 0.412 e. The lowest BCUT2D eigenvalue weighted by Crippen LogP contribution is -2.14. The number of anilines is 1. The molecule has 0 aliphatic carbocycles. The van der Waals surface area contributed by atoms with Crippen molar-refractivity contribution in [2.45, 2.75) is 17.5 Å². The van der Waals surface area contributed by atoms with Crippen LogP contribution >= 0.6 is 35.0 Å². The standard InChI is InChI=1S/C19H16Cl2N4O4S/c1-24-14(9-22-18(24)30-11-15-16(20)3-2-4-17(15)21)10-29-19(26)23-12-5-7-13(8-6-12)25(27)28/h2-9H,10-11H2,1H3,(H,23,26). The molecule has 3 rings (SSSR count). The number of nitro benzene ring substituents is 1. The first kappa shape index (κ1) is 21.9. The second-order valence-corrected chi connectivity index (χ2v) is 7.84. The Balaban J connectivity index is 1.54. The molecule has 0 saturated heterocycles. The lowest BCUT2D eigenvalue weighted by molar-refractivity contribution is -0.384. The quantitative estimate of drug-likeness (QED) is 0.273. The van der Waals surface area contributed by atoms with E-state index in [1.807, 2.05) is 11.6 Å². The second-order valence-electron chi connectivity index (χ2n) is 6.09. The summed E-state index contributed by atoms with van der Waals surface area (Å²) in [5, 5.41) is 15.1. The molecule has 1 aromatic heterocycles. The summed E-state index contributed by atoms with van der Waals surface area (Å²) >= 11 is 13.8. The number of thioether (sulfide) groups is 1. The van der Waals surface area contributed by atoms with E-state index in [1.165, 1.54) is 36.0 Å². The highest BCUT2D eigenvalue weighted by Crippen LogP contribution is 2.31. The molecule has 156 valence electrons. The number of nitrogens with one attached hydrogen (secondary N) is 1. The van der Waals surface area contributed by atoms with Gasteiger partial charge in [0.2, 0.25) is 0 Å². The van der Waals surface area contributed by atoms with Gasteiger partial charge in [0.25, 0.3) is 5.69 Å². The van der Waals surface area contributed by atoms with Crippen LogP contribution in [0.15, 0.2) is 53.8 Å². The molecule has 30 heavy (non-hydrogen) atoms. The third-order valence-corrected chi connectivity index (χ3v) is 5.90. The van der Waals surface area contributed by atoms with Crippen molar-refractivity contribution in [3.63, 3.8) is 0 Å². The van der Waals surface area contributed by atoms with Crippen LogP contribution in [0.5, 0.6) is 0 Å². The van der Waals surface area contributed by atoms with Crippen molar-refractivity contribution < 1.29 is 14.5 Å². The molecule has 11 heteroatoms. The summed E-state index contributed by atoms with van der Waals surface area (Å²) in [5.41, 5.74) is 1.85. The summed E-state index contributed by atoms with van der Waals surface area (Å²) in [6, 6.07) is 10.8. The number of aromatic nitrogens is 2. The molecule has 0 atom stereocenters. The molecule has 0 spiro atoms. The van der Waals surface area contributed by atoms with Crippen LogP contribution in [0.25, 0.3) is 0 Å². The Morgan fingerprint density at radius 3 is 2.53 bits per heavy atom. The lowest BCUT2D eigenvalue weighted by atomic mass is 10.2. The van der Waals surface area contributed by atoms with Crippen molar-refractivity contribution in [1.29, 1.82) is 0 Å². The number of imidazole rings is 1. The third kappa shape index (κ3) is 5.44. The SMILES string of the molecule is Cn1c(COC(=O)Nc2ccc([N+](=O)[O-])cc2)cnc1SCc1c(Cl)cccc1Cl. The second kappa shape index (κ2) is 9.84. The number of halogens is 2. The topological polar surface area (TPSA) is 99.3 Å². The number of amides is 1. The summed E-state index contributed by atoms with van der Waals surface area (Å²) in [6.45, 7) is 0.00965. The highest BCUT2D eigenvalue weighted by Gasteiger charge is 2.13. The van der Waals surface area contributed by atoms with Crippen molar-refractivity contribution in [2.75, 3.05) is 5.32 Å². The number of nitro groups is 1. The van der Waals surface area contributed by atoms with Crippen LogP contribution in [0.1, 0.15) is 11.3 Å². The number of benzene rings is 2. The molecule has 8 nitrogen and oxygen atoms in total. The Hall–Kier alpha value is -2.75. The van der Waals surface area contributed by atoms with Gasteiger partial charge in [-0.2, -0.15) is 0 Å². The van der Waals surface area contributed by atoms with Crippen molar-refractivity contribution in [3.8, 4) is 0 Å². The normalized spacial score (nSPS) is 10.6. The van der Waals surface area contributed by atoms with Crippen LogP contribution in [-0.4, -0.2) is 20.6 Å². The average Bonchev–Trinajstić information content (AvgIpc) is 3.06. The van der Waals surface area contributed by atoms with Crippen LogP contribution in [0.2, 0.25) is 10.0 Å². The molecule has 3 aromatic rings. The number of hydrogen-bond donors (Lipinski definition) is 1. The zero-order chi connectivity index (χ0) is 21.7. The van der Waals surface area contributed by atoms with E-state index in [9.17, 15) is 14.9 Å². The lowest BCUT2D eigenvalue weighted by Gasteiger charge is -2.09. The van der Waals surface area contributed by atoms with E-state index in [0.717, 1.165) is 10.7 Å². The molecule has 0 aliphatic heterocycles. The Morgan fingerprint density at radius 1 is 1.23 bits per heavy atom. The van der Waals surface area contributed by atoms with E-state index >= 15 is 0 Å². The molecule has 0 aliphatic rings. The molecule has 0 saturated carbocycles. The predicted octanol–water partition coefficient (Wildman–Crippen LogP) is 5.68. The van der Waals surface area contributed by atoms with Gasteiger partial charge in [-0.15, -0.1) is 0 Å². The predicted molar refractivity (Wildman–Crippen MR) is 116 cm³/mol. The van der Waals surface area contributed by atoms with Crippen LogP contribution in [0.3, 0.4) is 0 Å². The Morgan fingerprint density at radius 2 is 1.90 bits per heavy atom. The fourth-order valence-electron chi connectivity index (χ4n) is 2.46. The van der Waals surface area contributed by atoms with Gasteiger partial charge in [0, 0.05) is 40.7 Å². The molecule has 1 heterocycles. The molecule has 0 radical (unpaired) electrons. The zero-order valence-corrected chi connectivity index (χ0v) is 18.0. The van der Waals surface area contributed by atoms with Crippen LogP contribution < -0.4 is 5.32 Å². The van der Waals surface area contributed by atoms with Gasteiger partial charge < -0.3 is 9.30 Å². The van der Waals surface area contributed by atoms with E-state index in [0.29, 0.717) is 27.2 Å². The van der Waals surface area contributed by atoms with Crippen molar-refractivity contribution >= 4 is 52.4 Å². The summed E-state index contributed by atoms with van der Waals surface area (Å²) in [4.78, 5) is 26.5. The number of ether oxygens (including phenoxy) is 1. The number of rotatable bonds is 7. The van der Waals surface area contributed by atoms with E-state index in [-0.39, 0.29) is 12.3 Å². The van der Waals surface area contributed by atoms with Gasteiger partial charge in [-0.25, -0.2) is 9.78 Å². The smallest absolute Gasteiger partial charge is 0.412 e. The largest absolute Gasteiger partial charge is 0.443 e. The average molecular weight is 467 g/mol. The molecule has 0 unspecified atom stereocenters. The highest BCUT2D eigenvalue weighted by molar-refractivity contribution is 7.98. The van der Waals surface area contributed by atoms with Crippen LogP contribution in [-0.2, 0) is 24.1 Å². The minimum Gasteiger partial charge on any atom is -0.443 e. The van der Waals surface area contributed by atoms with Crippen molar-refractivity contribution in [1.82, 2.24) is 9.55 Å². The minimum atomic E-state index is -0.679. The van der Waals surface area contributed by atoms with Gasteiger partial charge in [-0.1, -0.05) is 41.0 Å². The number of hydrogen-bond acceptors (Lipinski definition) is 6. The molecule has 0 fully saturated rings. The zero-order valence-electron chi connectivity index (χ0n) is 15.7. The summed E-state index contributed by atoms with van der Waals surface area (Å²) in [7, 11) is 1.82. The van der Waals surface area contributed by atoms with Gasteiger partial charge in [0.05, 0.1) is 16.8 Å². The van der Waals surface area contributed by atoms with Crippen molar-refractivity contribution in [2.24, 2.45) is 7.05 Å². The van der Waals surface area contributed by atoms with Crippen LogP contribution in [0.4, 0.5) is 16.2 Å². The number of nitrogens with zero attached hydrogens (tertiary/aromatic N) is 3. The first-order chi connectivity index (χ1) is 14.3.